The Morgan fingerprint density at radius 1 is 1.27 bits per heavy atom. The zero-order chi connectivity index (χ0) is 11.3. The van der Waals surface area contributed by atoms with E-state index in [2.05, 4.69) is 5.32 Å². The van der Waals surface area contributed by atoms with Crippen molar-refractivity contribution in [2.45, 2.75) is 13.3 Å². The van der Waals surface area contributed by atoms with Gasteiger partial charge in [0, 0.05) is 6.07 Å². The first-order valence-corrected chi connectivity index (χ1v) is 4.91. The third-order valence-corrected chi connectivity index (χ3v) is 2.16. The Labute approximate surface area is 88.8 Å². The van der Waals surface area contributed by atoms with Crippen LogP contribution in [0.1, 0.15) is 18.9 Å². The average molecular weight is 211 g/mol. The molecule has 0 spiro atoms. The Kier molecular flexibility index (Phi) is 4.43. The van der Waals surface area contributed by atoms with Gasteiger partial charge in [-0.3, -0.25) is 0 Å². The minimum absolute atomic E-state index is 0.536. The summed E-state index contributed by atoms with van der Waals surface area (Å²) >= 11 is 0. The van der Waals surface area contributed by atoms with Crippen LogP contribution in [0.15, 0.2) is 24.3 Å². The predicted octanol–water partition coefficient (Wildman–Crippen LogP) is 2.98. The topological polar surface area (TPSA) is 12.0 Å². The fraction of sp³-hybridized carbons (Fsp3) is 0.333. The second-order valence-electron chi connectivity index (χ2n) is 3.44. The first-order chi connectivity index (χ1) is 7.13. The fourth-order valence-corrected chi connectivity index (χ4v) is 1.33. The van der Waals surface area contributed by atoms with Gasteiger partial charge in [0.15, 0.2) is 0 Å². The van der Waals surface area contributed by atoms with Gasteiger partial charge in [-0.1, -0.05) is 6.08 Å². The highest BCUT2D eigenvalue weighted by Gasteiger charge is 2.01. The SMILES string of the molecule is CNCCC=C(C)c1cc(F)cc(F)c1. The highest BCUT2D eigenvalue weighted by Crippen LogP contribution is 2.17. The van der Waals surface area contributed by atoms with E-state index in [0.29, 0.717) is 5.56 Å². The standard InChI is InChI=1S/C12H15F2N/c1-9(4-3-5-15-2)10-6-11(13)8-12(14)7-10/h4,6-8,15H,3,5H2,1-2H3. The van der Waals surface area contributed by atoms with Gasteiger partial charge < -0.3 is 5.32 Å². The van der Waals surface area contributed by atoms with Crippen LogP contribution in [0, 0.1) is 11.6 Å². The van der Waals surface area contributed by atoms with Crippen LogP contribution in [0.4, 0.5) is 8.78 Å². The molecule has 0 aliphatic heterocycles. The van der Waals surface area contributed by atoms with Crippen molar-refractivity contribution in [1.82, 2.24) is 5.32 Å². The molecule has 0 aliphatic rings. The number of allylic oxidation sites excluding steroid dienone is 1. The molecule has 0 radical (unpaired) electrons. The van der Waals surface area contributed by atoms with Crippen LogP contribution in [0.2, 0.25) is 0 Å². The first kappa shape index (κ1) is 11.9. The Morgan fingerprint density at radius 2 is 1.87 bits per heavy atom. The van der Waals surface area contributed by atoms with Gasteiger partial charge in [-0.25, -0.2) is 8.78 Å². The average Bonchev–Trinajstić information content (AvgIpc) is 2.16. The van der Waals surface area contributed by atoms with E-state index < -0.39 is 11.6 Å². The van der Waals surface area contributed by atoms with Crippen LogP contribution in [0.5, 0.6) is 0 Å². The number of benzene rings is 1. The number of hydrogen-bond donors (Lipinski definition) is 1. The van der Waals surface area contributed by atoms with Gasteiger partial charge in [-0.05, 0) is 50.2 Å². The summed E-state index contributed by atoms with van der Waals surface area (Å²) in [6, 6.07) is 3.56. The van der Waals surface area contributed by atoms with Gasteiger partial charge in [0.05, 0.1) is 0 Å². The molecule has 0 amide bonds. The molecule has 1 N–H and O–H groups in total. The van der Waals surface area contributed by atoms with Crippen LogP contribution >= 0.6 is 0 Å². The summed E-state index contributed by atoms with van der Waals surface area (Å²) in [6.07, 6.45) is 2.81. The smallest absolute Gasteiger partial charge is 0.126 e. The van der Waals surface area contributed by atoms with Crippen molar-refractivity contribution in [3.8, 4) is 0 Å². The highest BCUT2D eigenvalue weighted by molar-refractivity contribution is 5.63. The zero-order valence-electron chi connectivity index (χ0n) is 8.98. The molecule has 0 saturated heterocycles. The fourth-order valence-electron chi connectivity index (χ4n) is 1.33. The van der Waals surface area contributed by atoms with E-state index in [9.17, 15) is 8.78 Å². The van der Waals surface area contributed by atoms with E-state index in [1.807, 2.05) is 20.0 Å². The Morgan fingerprint density at radius 3 is 2.40 bits per heavy atom. The first-order valence-electron chi connectivity index (χ1n) is 4.91. The molecule has 0 fully saturated rings. The van der Waals surface area contributed by atoms with Crippen molar-refractivity contribution in [3.63, 3.8) is 0 Å². The van der Waals surface area contributed by atoms with E-state index >= 15 is 0 Å². The number of halogens is 2. The van der Waals surface area contributed by atoms with Crippen molar-refractivity contribution >= 4 is 5.57 Å². The summed E-state index contributed by atoms with van der Waals surface area (Å²) in [5, 5.41) is 3.00. The zero-order valence-corrected chi connectivity index (χ0v) is 8.98. The maximum absolute atomic E-state index is 12.9. The summed E-state index contributed by atoms with van der Waals surface area (Å²) in [5.41, 5.74) is 1.49. The molecule has 1 nitrogen and oxygen atoms in total. The Hall–Kier alpha value is -1.22. The minimum Gasteiger partial charge on any atom is -0.319 e. The maximum atomic E-state index is 12.9. The van der Waals surface area contributed by atoms with Gasteiger partial charge in [-0.2, -0.15) is 0 Å². The molecule has 0 bridgehead atoms. The van der Waals surface area contributed by atoms with Crippen molar-refractivity contribution in [2.75, 3.05) is 13.6 Å². The molecule has 0 saturated carbocycles. The van der Waals surface area contributed by atoms with Gasteiger partial charge in [0.25, 0.3) is 0 Å². The lowest BCUT2D eigenvalue weighted by Gasteiger charge is -2.02. The molecule has 1 aromatic rings. The second kappa shape index (κ2) is 5.61. The summed E-state index contributed by atoms with van der Waals surface area (Å²) in [5.74, 6) is -1.07. The lowest BCUT2D eigenvalue weighted by atomic mass is 10.1. The van der Waals surface area contributed by atoms with Gasteiger partial charge in [0.1, 0.15) is 11.6 Å². The third kappa shape index (κ3) is 3.80. The lowest BCUT2D eigenvalue weighted by Crippen LogP contribution is -2.06. The molecule has 1 aromatic carbocycles. The summed E-state index contributed by atoms with van der Waals surface area (Å²) < 4.78 is 25.8. The van der Waals surface area contributed by atoms with Gasteiger partial charge in [0.2, 0.25) is 0 Å². The van der Waals surface area contributed by atoms with Crippen LogP contribution in [0.25, 0.3) is 5.57 Å². The molecule has 0 aliphatic carbocycles. The second-order valence-corrected chi connectivity index (χ2v) is 3.44. The number of rotatable bonds is 4. The van der Waals surface area contributed by atoms with Crippen molar-refractivity contribution in [2.24, 2.45) is 0 Å². The van der Waals surface area contributed by atoms with E-state index in [1.165, 1.54) is 12.1 Å². The van der Waals surface area contributed by atoms with Crippen molar-refractivity contribution < 1.29 is 8.78 Å². The van der Waals surface area contributed by atoms with Crippen LogP contribution in [-0.4, -0.2) is 13.6 Å². The molecular weight excluding hydrogens is 196 g/mol. The molecular formula is C12H15F2N. The van der Waals surface area contributed by atoms with Gasteiger partial charge in [-0.15, -0.1) is 0 Å². The van der Waals surface area contributed by atoms with Crippen LogP contribution in [-0.2, 0) is 0 Å². The van der Waals surface area contributed by atoms with Crippen LogP contribution in [0.3, 0.4) is 0 Å². The minimum atomic E-state index is -0.536. The largest absolute Gasteiger partial charge is 0.319 e. The molecule has 0 aromatic heterocycles. The van der Waals surface area contributed by atoms with E-state index in [1.54, 1.807) is 0 Å². The molecule has 82 valence electrons. The number of nitrogens with one attached hydrogen (secondary N) is 1. The summed E-state index contributed by atoms with van der Waals surface area (Å²) in [6.45, 7) is 2.71. The van der Waals surface area contributed by atoms with E-state index in [-0.39, 0.29) is 0 Å². The molecule has 0 heterocycles. The molecule has 0 atom stereocenters. The van der Waals surface area contributed by atoms with Gasteiger partial charge >= 0.3 is 0 Å². The van der Waals surface area contributed by atoms with Crippen molar-refractivity contribution in [1.29, 1.82) is 0 Å². The Bertz CT molecular complexity index is 338. The lowest BCUT2D eigenvalue weighted by molar-refractivity contribution is 0.582. The maximum Gasteiger partial charge on any atom is 0.126 e. The Balaban J connectivity index is 2.81. The number of hydrogen-bond acceptors (Lipinski definition) is 1. The molecule has 15 heavy (non-hydrogen) atoms. The monoisotopic (exact) mass is 211 g/mol. The summed E-state index contributed by atoms with van der Waals surface area (Å²) in [4.78, 5) is 0. The van der Waals surface area contributed by atoms with E-state index in [4.69, 9.17) is 0 Å². The molecule has 0 unspecified atom stereocenters. The molecule has 3 heteroatoms. The van der Waals surface area contributed by atoms with Crippen LogP contribution < -0.4 is 5.32 Å². The normalized spacial score (nSPS) is 11.9. The van der Waals surface area contributed by atoms with E-state index in [0.717, 1.165) is 24.6 Å². The molecule has 1 rings (SSSR count). The van der Waals surface area contributed by atoms with Crippen molar-refractivity contribution in [3.05, 3.63) is 41.5 Å². The highest BCUT2D eigenvalue weighted by atomic mass is 19.1. The summed E-state index contributed by atoms with van der Waals surface area (Å²) in [7, 11) is 1.87. The predicted molar refractivity (Wildman–Crippen MR) is 58.6 cm³/mol. The quantitative estimate of drug-likeness (QED) is 0.755. The third-order valence-electron chi connectivity index (χ3n) is 2.16.